The molecule has 0 heterocycles. The van der Waals surface area contributed by atoms with Crippen LogP contribution < -0.4 is 5.73 Å². The summed E-state index contributed by atoms with van der Waals surface area (Å²) in [5.74, 6) is 0.648. The van der Waals surface area contributed by atoms with Crippen LogP contribution in [-0.2, 0) is 4.79 Å². The second kappa shape index (κ2) is 5.57. The predicted molar refractivity (Wildman–Crippen MR) is 71.0 cm³/mol. The van der Waals surface area contributed by atoms with Gasteiger partial charge >= 0.3 is 0 Å². The van der Waals surface area contributed by atoms with Crippen molar-refractivity contribution in [1.29, 1.82) is 0 Å². The number of rotatable bonds is 4. The fourth-order valence-corrected chi connectivity index (χ4v) is 3.21. The highest BCUT2D eigenvalue weighted by Gasteiger charge is 2.33. The number of hydrogen-bond acceptors (Lipinski definition) is 3. The number of carbonyl (C=O) groups excluding carboxylic acids is 1. The zero-order valence-corrected chi connectivity index (χ0v) is 11.4. The second-order valence-corrected chi connectivity index (χ2v) is 6.37. The molecular formula is C14H26N2O2. The lowest BCUT2D eigenvalue weighted by molar-refractivity contribution is -0.133. The first-order valence-corrected chi connectivity index (χ1v) is 7.19. The minimum absolute atomic E-state index is 0.141. The Bertz CT molecular complexity index is 294. The fraction of sp³-hybridized carbons (Fsp3) is 0.929. The van der Waals surface area contributed by atoms with E-state index in [0.717, 1.165) is 45.1 Å². The molecule has 2 saturated carbocycles. The summed E-state index contributed by atoms with van der Waals surface area (Å²) in [6.45, 7) is 0.770. The lowest BCUT2D eigenvalue weighted by Crippen LogP contribution is -2.47. The molecule has 2 fully saturated rings. The van der Waals surface area contributed by atoms with Crippen LogP contribution in [0, 0.1) is 5.92 Å². The minimum Gasteiger partial charge on any atom is -0.393 e. The van der Waals surface area contributed by atoms with Crippen molar-refractivity contribution < 1.29 is 9.90 Å². The Labute approximate surface area is 110 Å². The van der Waals surface area contributed by atoms with Gasteiger partial charge in [0.15, 0.2) is 0 Å². The summed E-state index contributed by atoms with van der Waals surface area (Å²) in [5, 5.41) is 9.25. The van der Waals surface area contributed by atoms with Gasteiger partial charge in [-0.25, -0.2) is 0 Å². The zero-order chi connectivity index (χ0) is 13.2. The molecule has 104 valence electrons. The summed E-state index contributed by atoms with van der Waals surface area (Å²) < 4.78 is 0. The number of nitrogens with two attached hydrogens (primary N) is 1. The van der Waals surface area contributed by atoms with Gasteiger partial charge in [-0.05, 0) is 31.6 Å². The van der Waals surface area contributed by atoms with Crippen LogP contribution >= 0.6 is 0 Å². The van der Waals surface area contributed by atoms with Gasteiger partial charge in [0, 0.05) is 25.6 Å². The van der Waals surface area contributed by atoms with E-state index < -0.39 is 0 Å². The molecule has 0 spiro atoms. The molecule has 18 heavy (non-hydrogen) atoms. The van der Waals surface area contributed by atoms with Crippen molar-refractivity contribution in [3.05, 3.63) is 0 Å². The van der Waals surface area contributed by atoms with Crippen molar-refractivity contribution in [2.75, 3.05) is 13.6 Å². The molecular weight excluding hydrogens is 228 g/mol. The first-order valence-electron chi connectivity index (χ1n) is 7.19. The second-order valence-electron chi connectivity index (χ2n) is 6.37. The van der Waals surface area contributed by atoms with Crippen molar-refractivity contribution in [3.63, 3.8) is 0 Å². The van der Waals surface area contributed by atoms with Gasteiger partial charge in [-0.15, -0.1) is 0 Å². The molecule has 0 bridgehead atoms. The maximum absolute atomic E-state index is 12.2. The first-order chi connectivity index (χ1) is 8.48. The van der Waals surface area contributed by atoms with E-state index in [1.807, 2.05) is 7.05 Å². The van der Waals surface area contributed by atoms with Crippen LogP contribution in [0.15, 0.2) is 0 Å². The monoisotopic (exact) mass is 254 g/mol. The molecule has 0 aromatic rings. The van der Waals surface area contributed by atoms with E-state index in [1.54, 1.807) is 4.90 Å². The van der Waals surface area contributed by atoms with E-state index in [-0.39, 0.29) is 17.6 Å². The van der Waals surface area contributed by atoms with E-state index >= 15 is 0 Å². The van der Waals surface area contributed by atoms with Gasteiger partial charge < -0.3 is 15.7 Å². The SMILES string of the molecule is CN(CC1CC(O)C1)C(=O)CC1(N)CCCCC1. The van der Waals surface area contributed by atoms with Crippen molar-refractivity contribution in [2.24, 2.45) is 11.7 Å². The quantitative estimate of drug-likeness (QED) is 0.794. The van der Waals surface area contributed by atoms with Gasteiger partial charge in [0.05, 0.1) is 6.10 Å². The highest BCUT2D eigenvalue weighted by molar-refractivity contribution is 5.77. The highest BCUT2D eigenvalue weighted by atomic mass is 16.3. The number of aliphatic hydroxyl groups is 1. The summed E-state index contributed by atoms with van der Waals surface area (Å²) in [7, 11) is 1.86. The average Bonchev–Trinajstić information content (AvgIpc) is 2.27. The van der Waals surface area contributed by atoms with Gasteiger partial charge in [0.1, 0.15) is 0 Å². The van der Waals surface area contributed by atoms with E-state index in [4.69, 9.17) is 5.73 Å². The molecule has 0 aliphatic heterocycles. The van der Waals surface area contributed by atoms with Crippen molar-refractivity contribution in [3.8, 4) is 0 Å². The normalized spacial score (nSPS) is 30.6. The lowest BCUT2D eigenvalue weighted by atomic mass is 9.79. The topological polar surface area (TPSA) is 66.6 Å². The Kier molecular flexibility index (Phi) is 4.28. The summed E-state index contributed by atoms with van der Waals surface area (Å²) >= 11 is 0. The summed E-state index contributed by atoms with van der Waals surface area (Å²) in [6, 6.07) is 0. The maximum atomic E-state index is 12.2. The molecule has 0 atom stereocenters. The molecule has 0 aromatic heterocycles. The van der Waals surface area contributed by atoms with Crippen molar-refractivity contribution in [1.82, 2.24) is 4.90 Å². The van der Waals surface area contributed by atoms with Crippen LogP contribution in [-0.4, -0.2) is 41.1 Å². The third-order valence-electron chi connectivity index (χ3n) is 4.52. The van der Waals surface area contributed by atoms with Gasteiger partial charge in [-0.3, -0.25) is 4.79 Å². The summed E-state index contributed by atoms with van der Waals surface area (Å²) in [4.78, 5) is 14.0. The van der Waals surface area contributed by atoms with E-state index in [9.17, 15) is 9.90 Å². The molecule has 2 aliphatic rings. The van der Waals surface area contributed by atoms with Gasteiger partial charge in [0.25, 0.3) is 0 Å². The molecule has 2 aliphatic carbocycles. The third-order valence-corrected chi connectivity index (χ3v) is 4.52. The van der Waals surface area contributed by atoms with Crippen molar-refractivity contribution >= 4 is 5.91 Å². The van der Waals surface area contributed by atoms with Crippen LogP contribution in [0.5, 0.6) is 0 Å². The summed E-state index contributed by atoms with van der Waals surface area (Å²) in [6.07, 6.45) is 7.55. The molecule has 4 nitrogen and oxygen atoms in total. The van der Waals surface area contributed by atoms with Crippen molar-refractivity contribution in [2.45, 2.75) is 63.0 Å². The number of aliphatic hydroxyl groups excluding tert-OH is 1. The van der Waals surface area contributed by atoms with E-state index in [1.165, 1.54) is 6.42 Å². The standard InChI is InChI=1S/C14H26N2O2/c1-16(10-11-7-12(17)8-11)13(18)9-14(15)5-3-2-4-6-14/h11-12,17H,2-10,15H2,1H3. The predicted octanol–water partition coefficient (Wildman–Crippen LogP) is 1.27. The molecule has 4 heteroatoms. The van der Waals surface area contributed by atoms with Crippen LogP contribution in [0.1, 0.15) is 51.4 Å². The highest BCUT2D eigenvalue weighted by Crippen LogP contribution is 2.30. The third kappa shape index (κ3) is 3.45. The van der Waals surface area contributed by atoms with Crippen LogP contribution in [0.2, 0.25) is 0 Å². The minimum atomic E-state index is -0.261. The van der Waals surface area contributed by atoms with Gasteiger partial charge in [-0.2, -0.15) is 0 Å². The zero-order valence-electron chi connectivity index (χ0n) is 11.4. The molecule has 3 N–H and O–H groups in total. The van der Waals surface area contributed by atoms with E-state index in [0.29, 0.717) is 12.3 Å². The van der Waals surface area contributed by atoms with Crippen LogP contribution in [0.3, 0.4) is 0 Å². The Morgan fingerprint density at radius 1 is 1.33 bits per heavy atom. The lowest BCUT2D eigenvalue weighted by Gasteiger charge is -2.37. The Morgan fingerprint density at radius 3 is 2.50 bits per heavy atom. The largest absolute Gasteiger partial charge is 0.393 e. The number of hydrogen-bond donors (Lipinski definition) is 2. The fourth-order valence-electron chi connectivity index (χ4n) is 3.21. The molecule has 0 radical (unpaired) electrons. The molecule has 0 aromatic carbocycles. The van der Waals surface area contributed by atoms with Gasteiger partial charge in [0.2, 0.25) is 5.91 Å². The average molecular weight is 254 g/mol. The number of amides is 1. The number of nitrogens with zero attached hydrogens (tertiary/aromatic N) is 1. The summed E-state index contributed by atoms with van der Waals surface area (Å²) in [5.41, 5.74) is 6.05. The Morgan fingerprint density at radius 2 is 1.94 bits per heavy atom. The maximum Gasteiger partial charge on any atom is 0.224 e. The molecule has 0 saturated heterocycles. The first kappa shape index (κ1) is 13.8. The number of carbonyl (C=O) groups is 1. The Balaban J connectivity index is 1.76. The molecule has 0 unspecified atom stereocenters. The molecule has 2 rings (SSSR count). The van der Waals surface area contributed by atoms with Crippen LogP contribution in [0.25, 0.3) is 0 Å². The van der Waals surface area contributed by atoms with Crippen LogP contribution in [0.4, 0.5) is 0 Å². The Hall–Kier alpha value is -0.610. The van der Waals surface area contributed by atoms with Gasteiger partial charge in [-0.1, -0.05) is 19.3 Å². The molecule has 1 amide bonds. The van der Waals surface area contributed by atoms with E-state index in [2.05, 4.69) is 0 Å². The smallest absolute Gasteiger partial charge is 0.224 e.